The van der Waals surface area contributed by atoms with Crippen LogP contribution in [0, 0.1) is 0 Å². The van der Waals surface area contributed by atoms with Gasteiger partial charge >= 0.3 is 7.60 Å². The van der Waals surface area contributed by atoms with E-state index in [1.54, 1.807) is 12.1 Å². The van der Waals surface area contributed by atoms with E-state index in [1.165, 1.54) is 0 Å². The summed E-state index contributed by atoms with van der Waals surface area (Å²) in [6, 6.07) is 3.45. The Morgan fingerprint density at radius 2 is 1.67 bits per heavy atom. The summed E-state index contributed by atoms with van der Waals surface area (Å²) >= 11 is 12.4. The molecule has 0 aliphatic heterocycles. The summed E-state index contributed by atoms with van der Waals surface area (Å²) in [5.41, 5.74) is 0.544. The number of hydrogen-bond acceptors (Lipinski definition) is 6. The molecular formula is C17H24Cl2NO7PS2. The minimum atomic E-state index is -4.54. The zero-order chi connectivity index (χ0) is 22.4. The van der Waals surface area contributed by atoms with E-state index in [4.69, 9.17) is 42.5 Å². The van der Waals surface area contributed by atoms with Crippen LogP contribution in [0.3, 0.4) is 0 Å². The number of nitrogens with one attached hydrogen (secondary N) is 1. The molecule has 0 saturated carbocycles. The van der Waals surface area contributed by atoms with Crippen LogP contribution in [0.15, 0.2) is 16.3 Å². The molecule has 0 aliphatic rings. The Balaban J connectivity index is 2.50. The maximum atomic E-state index is 12.7. The van der Waals surface area contributed by atoms with E-state index in [2.05, 4.69) is 0 Å². The van der Waals surface area contributed by atoms with Crippen molar-refractivity contribution < 1.29 is 32.2 Å². The fourth-order valence-electron chi connectivity index (χ4n) is 2.62. The van der Waals surface area contributed by atoms with E-state index < -0.39 is 23.9 Å². The van der Waals surface area contributed by atoms with Gasteiger partial charge in [0.2, 0.25) is 0 Å². The van der Waals surface area contributed by atoms with Crippen molar-refractivity contribution in [2.75, 3.05) is 31.3 Å². The Kier molecular flexibility index (Phi) is 9.70. The number of alkyl halides is 2. The number of halogens is 2. The summed E-state index contributed by atoms with van der Waals surface area (Å²) in [7, 11) is -8.64. The van der Waals surface area contributed by atoms with Gasteiger partial charge in [-0.3, -0.25) is 4.57 Å². The molecule has 13 heteroatoms. The summed E-state index contributed by atoms with van der Waals surface area (Å²) in [5, 5.41) is 0.685. The zero-order valence-corrected chi connectivity index (χ0v) is 20.3. The number of sulfonamides is 1. The van der Waals surface area contributed by atoms with Gasteiger partial charge in [-0.2, -0.15) is 4.72 Å². The first-order valence-corrected chi connectivity index (χ1v) is 14.3. The van der Waals surface area contributed by atoms with E-state index >= 15 is 0 Å². The molecule has 8 nitrogen and oxygen atoms in total. The van der Waals surface area contributed by atoms with Crippen LogP contribution in [0.4, 0.5) is 0 Å². The topological polar surface area (TPSA) is 122 Å². The van der Waals surface area contributed by atoms with E-state index in [0.29, 0.717) is 71.4 Å². The van der Waals surface area contributed by atoms with Crippen molar-refractivity contribution >= 4 is 62.2 Å². The van der Waals surface area contributed by atoms with Gasteiger partial charge in [-0.15, -0.1) is 34.5 Å². The number of benzene rings is 1. The Morgan fingerprint density at radius 3 is 2.17 bits per heavy atom. The van der Waals surface area contributed by atoms with Gasteiger partial charge in [0.1, 0.15) is 10.5 Å². The molecule has 0 spiro atoms. The number of thiophene rings is 1. The second-order valence-corrected chi connectivity index (χ2v) is 11.7. The molecule has 2 rings (SSSR count). The highest BCUT2D eigenvalue weighted by molar-refractivity contribution is 7.92. The monoisotopic (exact) mass is 519 g/mol. The van der Waals surface area contributed by atoms with Crippen molar-refractivity contribution in [3.05, 3.63) is 17.7 Å². The molecule has 0 atom stereocenters. The summed E-state index contributed by atoms with van der Waals surface area (Å²) < 4.78 is 50.7. The van der Waals surface area contributed by atoms with Crippen LogP contribution in [-0.4, -0.2) is 49.5 Å². The first kappa shape index (κ1) is 25.7. The molecule has 170 valence electrons. The number of fused-ring (bicyclic) bond motifs is 1. The molecule has 0 radical (unpaired) electrons. The maximum absolute atomic E-state index is 12.7. The van der Waals surface area contributed by atoms with Gasteiger partial charge in [0.25, 0.3) is 10.0 Å². The van der Waals surface area contributed by atoms with Gasteiger partial charge in [-0.05, 0) is 30.9 Å². The van der Waals surface area contributed by atoms with Crippen molar-refractivity contribution in [1.29, 1.82) is 0 Å². The predicted octanol–water partition coefficient (Wildman–Crippen LogP) is 3.89. The minimum Gasteiger partial charge on any atom is -0.490 e. The predicted molar refractivity (Wildman–Crippen MR) is 120 cm³/mol. The fourth-order valence-corrected chi connectivity index (χ4v) is 6.82. The van der Waals surface area contributed by atoms with Crippen molar-refractivity contribution in [2.45, 2.75) is 30.4 Å². The van der Waals surface area contributed by atoms with E-state index in [9.17, 15) is 13.0 Å². The van der Waals surface area contributed by atoms with Gasteiger partial charge < -0.3 is 19.3 Å². The number of ether oxygens (including phenoxy) is 2. The lowest BCUT2D eigenvalue weighted by Gasteiger charge is -2.13. The molecule has 3 N–H and O–H groups in total. The van der Waals surface area contributed by atoms with E-state index in [0.717, 1.165) is 11.3 Å². The van der Waals surface area contributed by atoms with Crippen molar-refractivity contribution in [2.24, 2.45) is 0 Å². The van der Waals surface area contributed by atoms with Crippen LogP contribution in [-0.2, 0) is 21.0 Å². The smallest absolute Gasteiger partial charge is 0.340 e. The lowest BCUT2D eigenvalue weighted by Crippen LogP contribution is -2.24. The van der Waals surface area contributed by atoms with Crippen molar-refractivity contribution in [3.8, 4) is 11.5 Å². The average molecular weight is 520 g/mol. The SMILES string of the molecule is CCc1c(S(=O)(=O)NCP(=O)(O)O)sc2cc(OCCCCl)c(OCCCCl)cc12. The standard InChI is InChI=1S/C17H24Cl2NO7PS2/c1-2-12-13-9-14(26-7-3-5-18)15(27-8-4-6-19)10-16(13)29-17(12)30(24,25)20-11-28(21,22)23/h9-10,20H,2-8,11H2,1H3,(H2,21,22,23). The highest BCUT2D eigenvalue weighted by atomic mass is 35.5. The van der Waals surface area contributed by atoms with Crippen LogP contribution in [0.1, 0.15) is 25.3 Å². The third kappa shape index (κ3) is 6.97. The summed E-state index contributed by atoms with van der Waals surface area (Å²) in [6.07, 6.45) is 0.709. The van der Waals surface area contributed by atoms with Crippen molar-refractivity contribution in [1.82, 2.24) is 4.72 Å². The number of aryl methyl sites for hydroxylation is 1. The molecule has 2 aromatic rings. The van der Waals surface area contributed by atoms with Crippen LogP contribution in [0.5, 0.6) is 11.5 Å². The number of rotatable bonds is 13. The van der Waals surface area contributed by atoms with Crippen LogP contribution < -0.4 is 14.2 Å². The van der Waals surface area contributed by atoms with E-state index in [-0.39, 0.29) is 4.21 Å². The van der Waals surface area contributed by atoms with Crippen LogP contribution in [0.2, 0.25) is 0 Å². The Morgan fingerprint density at radius 1 is 1.10 bits per heavy atom. The largest absolute Gasteiger partial charge is 0.490 e. The first-order chi connectivity index (χ1) is 14.1. The molecule has 0 saturated heterocycles. The first-order valence-electron chi connectivity index (χ1n) is 9.14. The Labute approximate surface area is 189 Å². The second kappa shape index (κ2) is 11.3. The van der Waals surface area contributed by atoms with Crippen molar-refractivity contribution in [3.63, 3.8) is 0 Å². The molecule has 0 amide bonds. The second-order valence-electron chi connectivity index (χ2n) is 6.27. The molecule has 0 unspecified atom stereocenters. The van der Waals surface area contributed by atoms with Crippen LogP contribution in [0.25, 0.3) is 10.1 Å². The van der Waals surface area contributed by atoms with E-state index in [1.807, 2.05) is 11.6 Å². The highest BCUT2D eigenvalue weighted by Gasteiger charge is 2.27. The highest BCUT2D eigenvalue weighted by Crippen LogP contribution is 2.42. The molecule has 30 heavy (non-hydrogen) atoms. The molecule has 1 heterocycles. The average Bonchev–Trinajstić information content (AvgIpc) is 3.04. The molecule has 0 fully saturated rings. The fraction of sp³-hybridized carbons (Fsp3) is 0.529. The lowest BCUT2D eigenvalue weighted by atomic mass is 10.1. The molecule has 1 aromatic heterocycles. The molecule has 1 aromatic carbocycles. The molecule has 0 bridgehead atoms. The third-order valence-electron chi connectivity index (χ3n) is 3.95. The zero-order valence-electron chi connectivity index (χ0n) is 16.3. The quantitative estimate of drug-likeness (QED) is 0.208. The Bertz CT molecular complexity index is 1010. The lowest BCUT2D eigenvalue weighted by molar-refractivity contribution is 0.270. The maximum Gasteiger partial charge on any atom is 0.340 e. The summed E-state index contributed by atoms with van der Waals surface area (Å²) in [4.78, 5) is 18.0. The summed E-state index contributed by atoms with van der Waals surface area (Å²) in [6.45, 7) is 2.56. The minimum absolute atomic E-state index is 0.0121. The summed E-state index contributed by atoms with van der Waals surface area (Å²) in [5.74, 6) is 1.83. The van der Waals surface area contributed by atoms with Gasteiger partial charge in [0, 0.05) is 27.9 Å². The number of hydrogen-bond donors (Lipinski definition) is 3. The van der Waals surface area contributed by atoms with Gasteiger partial charge in [-0.25, -0.2) is 8.42 Å². The van der Waals surface area contributed by atoms with Gasteiger partial charge in [0.15, 0.2) is 11.5 Å². The van der Waals surface area contributed by atoms with Gasteiger partial charge in [-0.1, -0.05) is 6.92 Å². The molecule has 0 aliphatic carbocycles. The normalized spacial score (nSPS) is 12.4. The molecular weight excluding hydrogens is 496 g/mol. The third-order valence-corrected chi connectivity index (χ3v) is 8.42. The van der Waals surface area contributed by atoms with Gasteiger partial charge in [0.05, 0.1) is 13.2 Å². The van der Waals surface area contributed by atoms with Crippen LogP contribution >= 0.6 is 42.1 Å². The Hall–Kier alpha value is -0.580.